The lowest BCUT2D eigenvalue weighted by molar-refractivity contribution is -0.120. The van der Waals surface area contributed by atoms with E-state index in [1.807, 2.05) is 0 Å². The zero-order valence-corrected chi connectivity index (χ0v) is 10.4. The first kappa shape index (κ1) is 13.0. The molecule has 1 heterocycles. The van der Waals surface area contributed by atoms with Crippen molar-refractivity contribution in [2.75, 3.05) is 0 Å². The van der Waals surface area contributed by atoms with Crippen LogP contribution in [0.3, 0.4) is 0 Å². The Bertz CT molecular complexity index is 574. The monoisotopic (exact) mass is 260 g/mol. The Balaban J connectivity index is 1.91. The van der Waals surface area contributed by atoms with E-state index < -0.39 is 0 Å². The molecule has 0 saturated heterocycles. The van der Waals surface area contributed by atoms with Crippen LogP contribution in [0.15, 0.2) is 52.2 Å². The van der Waals surface area contributed by atoms with Crippen LogP contribution in [0.5, 0.6) is 0 Å². The minimum Gasteiger partial charge on any atom is -0.463 e. The Kier molecular flexibility index (Phi) is 4.07. The third-order valence-electron chi connectivity index (χ3n) is 2.50. The zero-order chi connectivity index (χ0) is 13.7. The fraction of sp³-hybridized carbons (Fsp3) is 0.143. The standard InChI is InChI=1S/C14H13FN2O2/c1-10(13-3-2-8-19-13)16-17-14(18)9-11-4-6-12(15)7-5-11/h2-8H,9H2,1H3,(H,17,18)/b16-10-. The third-order valence-corrected chi connectivity index (χ3v) is 2.50. The molecule has 0 aliphatic heterocycles. The van der Waals surface area contributed by atoms with Crippen molar-refractivity contribution in [2.24, 2.45) is 5.10 Å². The maximum Gasteiger partial charge on any atom is 0.244 e. The van der Waals surface area contributed by atoms with E-state index in [0.29, 0.717) is 11.5 Å². The number of nitrogens with zero attached hydrogens (tertiary/aromatic N) is 1. The van der Waals surface area contributed by atoms with Crippen molar-refractivity contribution in [2.45, 2.75) is 13.3 Å². The molecule has 0 aliphatic carbocycles. The number of amides is 1. The van der Waals surface area contributed by atoms with Crippen LogP contribution >= 0.6 is 0 Å². The van der Waals surface area contributed by atoms with Crippen molar-refractivity contribution in [3.05, 3.63) is 59.8 Å². The molecule has 2 aromatic rings. The van der Waals surface area contributed by atoms with Crippen LogP contribution in [-0.2, 0) is 11.2 Å². The van der Waals surface area contributed by atoms with E-state index in [1.54, 1.807) is 31.2 Å². The number of carbonyl (C=O) groups is 1. The number of hydrogen-bond acceptors (Lipinski definition) is 3. The fourth-order valence-electron chi connectivity index (χ4n) is 1.51. The highest BCUT2D eigenvalue weighted by molar-refractivity contribution is 5.96. The van der Waals surface area contributed by atoms with Gasteiger partial charge in [0.2, 0.25) is 5.91 Å². The number of hydrogen-bond donors (Lipinski definition) is 1. The highest BCUT2D eigenvalue weighted by Crippen LogP contribution is 2.04. The molecule has 4 nitrogen and oxygen atoms in total. The molecule has 0 atom stereocenters. The van der Waals surface area contributed by atoms with Crippen molar-refractivity contribution in [1.82, 2.24) is 5.43 Å². The molecule has 1 aromatic carbocycles. The first-order valence-electron chi connectivity index (χ1n) is 5.76. The lowest BCUT2D eigenvalue weighted by Gasteiger charge is -2.01. The average Bonchev–Trinajstić information content (AvgIpc) is 2.93. The molecule has 0 bridgehead atoms. The molecule has 98 valence electrons. The zero-order valence-electron chi connectivity index (χ0n) is 10.4. The SMILES string of the molecule is C/C(=N/NC(=O)Cc1ccc(F)cc1)c1ccco1. The Labute approximate surface area is 109 Å². The minimum absolute atomic E-state index is 0.148. The van der Waals surface area contributed by atoms with E-state index in [9.17, 15) is 9.18 Å². The van der Waals surface area contributed by atoms with Gasteiger partial charge in [-0.3, -0.25) is 4.79 Å². The fourth-order valence-corrected chi connectivity index (χ4v) is 1.51. The van der Waals surface area contributed by atoms with Crippen molar-refractivity contribution >= 4 is 11.6 Å². The summed E-state index contributed by atoms with van der Waals surface area (Å²) in [4.78, 5) is 11.6. The molecule has 0 saturated carbocycles. The molecule has 0 unspecified atom stereocenters. The maximum absolute atomic E-state index is 12.7. The molecule has 2 rings (SSSR count). The van der Waals surface area contributed by atoms with E-state index in [4.69, 9.17) is 4.42 Å². The highest BCUT2D eigenvalue weighted by atomic mass is 19.1. The Morgan fingerprint density at radius 1 is 1.32 bits per heavy atom. The number of nitrogens with one attached hydrogen (secondary N) is 1. The summed E-state index contributed by atoms with van der Waals surface area (Å²) >= 11 is 0. The normalized spacial score (nSPS) is 11.4. The molecule has 0 radical (unpaired) electrons. The average molecular weight is 260 g/mol. The third kappa shape index (κ3) is 3.77. The number of carbonyl (C=O) groups excluding carboxylic acids is 1. The molecule has 0 aliphatic rings. The van der Waals surface area contributed by atoms with Crippen LogP contribution in [-0.4, -0.2) is 11.6 Å². The molecular formula is C14H13FN2O2. The predicted octanol–water partition coefficient (Wildman–Crippen LogP) is 2.50. The van der Waals surface area contributed by atoms with Crippen molar-refractivity contribution in [1.29, 1.82) is 0 Å². The smallest absolute Gasteiger partial charge is 0.244 e. The van der Waals surface area contributed by atoms with Gasteiger partial charge in [0.25, 0.3) is 0 Å². The van der Waals surface area contributed by atoms with E-state index >= 15 is 0 Å². The van der Waals surface area contributed by atoms with Crippen LogP contribution in [0.25, 0.3) is 0 Å². The van der Waals surface area contributed by atoms with Gasteiger partial charge in [0.05, 0.1) is 12.7 Å². The van der Waals surface area contributed by atoms with Gasteiger partial charge in [-0.05, 0) is 36.8 Å². The van der Waals surface area contributed by atoms with Gasteiger partial charge < -0.3 is 4.42 Å². The van der Waals surface area contributed by atoms with Gasteiger partial charge in [-0.1, -0.05) is 12.1 Å². The number of furan rings is 1. The molecule has 5 heteroatoms. The molecule has 0 fully saturated rings. The van der Waals surface area contributed by atoms with Gasteiger partial charge in [-0.25, -0.2) is 9.82 Å². The second-order valence-electron chi connectivity index (χ2n) is 4.01. The van der Waals surface area contributed by atoms with Gasteiger partial charge in [-0.2, -0.15) is 5.10 Å². The molecule has 1 amide bonds. The van der Waals surface area contributed by atoms with Gasteiger partial charge in [0.1, 0.15) is 17.3 Å². The van der Waals surface area contributed by atoms with E-state index in [1.165, 1.54) is 18.4 Å². The van der Waals surface area contributed by atoms with Crippen molar-refractivity contribution in [3.63, 3.8) is 0 Å². The largest absolute Gasteiger partial charge is 0.463 e. The number of benzene rings is 1. The van der Waals surface area contributed by atoms with Crippen LogP contribution in [0.4, 0.5) is 4.39 Å². The summed E-state index contributed by atoms with van der Waals surface area (Å²) in [6.07, 6.45) is 1.68. The molecule has 1 N–H and O–H groups in total. The Morgan fingerprint density at radius 2 is 2.05 bits per heavy atom. The quantitative estimate of drug-likeness (QED) is 0.678. The summed E-state index contributed by atoms with van der Waals surface area (Å²) in [5.74, 6) is 0.00967. The highest BCUT2D eigenvalue weighted by Gasteiger charge is 2.04. The summed E-state index contributed by atoms with van der Waals surface area (Å²) < 4.78 is 17.8. The summed E-state index contributed by atoms with van der Waals surface area (Å²) in [5, 5.41) is 3.93. The first-order chi connectivity index (χ1) is 9.15. The topological polar surface area (TPSA) is 54.6 Å². The van der Waals surface area contributed by atoms with Crippen LogP contribution in [0.2, 0.25) is 0 Å². The van der Waals surface area contributed by atoms with Crippen LogP contribution < -0.4 is 5.43 Å². The van der Waals surface area contributed by atoms with E-state index in [-0.39, 0.29) is 18.1 Å². The van der Waals surface area contributed by atoms with E-state index in [0.717, 1.165) is 5.56 Å². The van der Waals surface area contributed by atoms with Crippen LogP contribution in [0.1, 0.15) is 18.2 Å². The predicted molar refractivity (Wildman–Crippen MR) is 69.2 cm³/mol. The Hall–Kier alpha value is -2.43. The summed E-state index contributed by atoms with van der Waals surface area (Å²) in [5.41, 5.74) is 3.74. The molecule has 1 aromatic heterocycles. The van der Waals surface area contributed by atoms with E-state index in [2.05, 4.69) is 10.5 Å². The molecule has 19 heavy (non-hydrogen) atoms. The minimum atomic E-state index is -0.323. The van der Waals surface area contributed by atoms with Gasteiger partial charge in [-0.15, -0.1) is 0 Å². The van der Waals surface area contributed by atoms with Crippen LogP contribution in [0, 0.1) is 5.82 Å². The first-order valence-corrected chi connectivity index (χ1v) is 5.76. The molecular weight excluding hydrogens is 247 g/mol. The van der Waals surface area contributed by atoms with Gasteiger partial charge in [0.15, 0.2) is 0 Å². The summed E-state index contributed by atoms with van der Waals surface area (Å²) in [6.45, 7) is 1.73. The number of halogens is 1. The van der Waals surface area contributed by atoms with Crippen molar-refractivity contribution < 1.29 is 13.6 Å². The number of hydrazone groups is 1. The van der Waals surface area contributed by atoms with Gasteiger partial charge in [0, 0.05) is 0 Å². The van der Waals surface area contributed by atoms with Gasteiger partial charge >= 0.3 is 0 Å². The van der Waals surface area contributed by atoms with Crippen molar-refractivity contribution in [3.8, 4) is 0 Å². The second-order valence-corrected chi connectivity index (χ2v) is 4.01. The summed E-state index contributed by atoms with van der Waals surface area (Å²) in [7, 11) is 0. The maximum atomic E-state index is 12.7. The second kappa shape index (κ2) is 5.95. The lowest BCUT2D eigenvalue weighted by Crippen LogP contribution is -2.21. The number of rotatable bonds is 4. The summed E-state index contributed by atoms with van der Waals surface area (Å²) in [6, 6.07) is 9.27. The Morgan fingerprint density at radius 3 is 2.68 bits per heavy atom. The lowest BCUT2D eigenvalue weighted by atomic mass is 10.1. The molecule has 0 spiro atoms.